The average molecular weight is 861 g/mol. The minimum absolute atomic E-state index is 0.00209. The van der Waals surface area contributed by atoms with Gasteiger partial charge in [0.15, 0.2) is 0 Å². The Balaban J connectivity index is 2.40. The molecule has 0 spiro atoms. The molecule has 61 heavy (non-hydrogen) atoms. The first-order chi connectivity index (χ1) is 29.8. The van der Waals surface area contributed by atoms with Gasteiger partial charge in [0.25, 0.3) is 0 Å². The number of unbranched alkanes of at least 4 members (excludes halogenated alkanes) is 23. The second-order valence-electron chi connectivity index (χ2n) is 17.9. The summed E-state index contributed by atoms with van der Waals surface area (Å²) in [6, 6.07) is 0. The molecule has 1 rings (SSSR count). The molecule has 3 N–H and O–H groups in total. The molecular weight excluding hydrogens is 765 g/mol. The summed E-state index contributed by atoms with van der Waals surface area (Å²) in [5.41, 5.74) is -0.136. The molecule has 0 radical (unpaired) electrons. The van der Waals surface area contributed by atoms with Gasteiger partial charge in [-0.1, -0.05) is 163 Å². The lowest BCUT2D eigenvalue weighted by Crippen LogP contribution is -2.27. The van der Waals surface area contributed by atoms with E-state index in [1.165, 1.54) is 115 Å². The molecule has 1 unspecified atom stereocenters. The molecule has 0 aliphatic rings. The van der Waals surface area contributed by atoms with Gasteiger partial charge >= 0.3 is 17.6 Å². The number of ether oxygens (including phenoxy) is 2. The number of nitrogens with zero attached hydrogens (tertiary/aromatic N) is 2. The van der Waals surface area contributed by atoms with Crippen molar-refractivity contribution in [3.05, 3.63) is 16.2 Å². The van der Waals surface area contributed by atoms with Crippen molar-refractivity contribution in [2.24, 2.45) is 4.99 Å². The summed E-state index contributed by atoms with van der Waals surface area (Å²) >= 11 is 0. The molecular formula is C51H96N4O6. The van der Waals surface area contributed by atoms with Gasteiger partial charge in [-0.2, -0.15) is 0 Å². The summed E-state index contributed by atoms with van der Waals surface area (Å²) < 4.78 is 11.9. The SMILES string of the molecule is CCCCCCCCC(CC)OC(=O)CCCCCCCN(CCCCCCCC(=O)OC(CCCCCCCC)CCCCCCCC)CCCN=Cc1[nH]c(=O)[nH]c1O. The molecule has 0 aliphatic carbocycles. The average Bonchev–Trinajstić information content (AvgIpc) is 3.58. The van der Waals surface area contributed by atoms with Gasteiger partial charge in [0.05, 0.1) is 6.21 Å². The van der Waals surface area contributed by atoms with Gasteiger partial charge in [-0.15, -0.1) is 0 Å². The second kappa shape index (κ2) is 41.4. The molecule has 10 nitrogen and oxygen atoms in total. The number of carbonyl (C=O) groups excluding carboxylic acids is 2. The highest BCUT2D eigenvalue weighted by Gasteiger charge is 2.15. The fourth-order valence-electron chi connectivity index (χ4n) is 8.18. The smallest absolute Gasteiger partial charge is 0.326 e. The lowest BCUT2D eigenvalue weighted by molar-refractivity contribution is -0.150. The molecule has 0 amide bonds. The number of nitrogens with one attached hydrogen (secondary N) is 2. The summed E-state index contributed by atoms with van der Waals surface area (Å²) in [6.45, 7) is 12.5. The normalized spacial score (nSPS) is 12.3. The van der Waals surface area contributed by atoms with Crippen LogP contribution in [0, 0.1) is 0 Å². The van der Waals surface area contributed by atoms with Crippen LogP contribution >= 0.6 is 0 Å². The van der Waals surface area contributed by atoms with Gasteiger partial charge in [0.2, 0.25) is 5.88 Å². The van der Waals surface area contributed by atoms with E-state index in [-0.39, 0.29) is 30.0 Å². The van der Waals surface area contributed by atoms with Gasteiger partial charge in [-0.25, -0.2) is 4.79 Å². The van der Waals surface area contributed by atoms with Crippen LogP contribution in [0.2, 0.25) is 0 Å². The van der Waals surface area contributed by atoms with Crippen LogP contribution in [0.1, 0.15) is 258 Å². The highest BCUT2D eigenvalue weighted by atomic mass is 16.5. The number of H-pyrrole nitrogens is 2. The number of aromatic hydroxyl groups is 1. The van der Waals surface area contributed by atoms with Gasteiger partial charge in [-0.3, -0.25) is 19.6 Å². The lowest BCUT2D eigenvalue weighted by atomic mass is 10.0. The molecule has 356 valence electrons. The first-order valence-electron chi connectivity index (χ1n) is 25.9. The zero-order chi connectivity index (χ0) is 44.4. The van der Waals surface area contributed by atoms with E-state index in [1.807, 2.05) is 0 Å². The third-order valence-electron chi connectivity index (χ3n) is 12.1. The van der Waals surface area contributed by atoms with Crippen molar-refractivity contribution >= 4 is 18.2 Å². The van der Waals surface area contributed by atoms with Crippen molar-refractivity contribution in [3.63, 3.8) is 0 Å². The van der Waals surface area contributed by atoms with Crippen molar-refractivity contribution in [1.29, 1.82) is 0 Å². The number of aromatic nitrogens is 2. The van der Waals surface area contributed by atoms with Crippen LogP contribution in [0.3, 0.4) is 0 Å². The minimum atomic E-state index is -0.444. The van der Waals surface area contributed by atoms with E-state index >= 15 is 0 Å². The first kappa shape index (κ1) is 56.4. The topological polar surface area (TPSA) is 137 Å². The third kappa shape index (κ3) is 34.5. The maximum atomic E-state index is 12.9. The Morgan fingerprint density at radius 2 is 0.934 bits per heavy atom. The summed E-state index contributed by atoms with van der Waals surface area (Å²) in [6.07, 6.45) is 41.1. The standard InChI is InChI=1S/C51H96N4O6/c1-5-9-12-15-20-27-35-45(8-4)60-48(56)38-30-23-18-25-32-41-55(43-34-40-52-44-47-50(58)54-51(59)53-47)42-33-26-19-24-31-39-49(57)61-46(36-28-21-16-13-10-6-2)37-29-22-17-14-11-7-3/h44-46,58H,5-43H2,1-4H3,(H2,53,54,59). The van der Waals surface area contributed by atoms with Crippen LogP contribution in [0.25, 0.3) is 0 Å². The summed E-state index contributed by atoms with van der Waals surface area (Å²) in [5, 5.41) is 9.80. The Hall–Kier alpha value is -2.62. The summed E-state index contributed by atoms with van der Waals surface area (Å²) in [5.74, 6) is -0.220. The van der Waals surface area contributed by atoms with Crippen molar-refractivity contribution < 1.29 is 24.2 Å². The van der Waals surface area contributed by atoms with Crippen molar-refractivity contribution in [2.75, 3.05) is 26.2 Å². The number of aromatic amines is 2. The fourth-order valence-corrected chi connectivity index (χ4v) is 8.18. The Morgan fingerprint density at radius 1 is 0.541 bits per heavy atom. The Kier molecular flexibility index (Phi) is 38.3. The van der Waals surface area contributed by atoms with E-state index in [1.54, 1.807) is 0 Å². The molecule has 10 heteroatoms. The molecule has 0 aliphatic heterocycles. The molecule has 0 saturated heterocycles. The Labute approximate surface area is 374 Å². The van der Waals surface area contributed by atoms with Crippen LogP contribution in [0.4, 0.5) is 0 Å². The monoisotopic (exact) mass is 861 g/mol. The zero-order valence-corrected chi connectivity index (χ0v) is 40.2. The summed E-state index contributed by atoms with van der Waals surface area (Å²) in [4.78, 5) is 48.6. The van der Waals surface area contributed by atoms with Crippen LogP contribution in [0.5, 0.6) is 5.88 Å². The van der Waals surface area contributed by atoms with E-state index < -0.39 is 5.69 Å². The molecule has 1 atom stereocenters. The van der Waals surface area contributed by atoms with E-state index in [9.17, 15) is 19.5 Å². The lowest BCUT2D eigenvalue weighted by Gasteiger charge is -2.22. The fraction of sp³-hybridized carbons (Fsp3) is 0.882. The second-order valence-corrected chi connectivity index (χ2v) is 17.9. The van der Waals surface area contributed by atoms with E-state index in [2.05, 4.69) is 47.6 Å². The zero-order valence-electron chi connectivity index (χ0n) is 40.2. The van der Waals surface area contributed by atoms with Crippen molar-refractivity contribution in [3.8, 4) is 5.88 Å². The van der Waals surface area contributed by atoms with Crippen LogP contribution < -0.4 is 5.69 Å². The minimum Gasteiger partial charge on any atom is -0.493 e. The molecule has 1 aromatic rings. The number of hydrogen-bond donors (Lipinski definition) is 3. The quantitative estimate of drug-likeness (QED) is 0.0337. The van der Waals surface area contributed by atoms with E-state index in [4.69, 9.17) is 9.47 Å². The Bertz CT molecular complexity index is 1220. The molecule has 1 aromatic heterocycles. The molecule has 0 fully saturated rings. The predicted molar refractivity (Wildman–Crippen MR) is 256 cm³/mol. The first-order valence-corrected chi connectivity index (χ1v) is 25.9. The largest absolute Gasteiger partial charge is 0.493 e. The van der Waals surface area contributed by atoms with Crippen molar-refractivity contribution in [2.45, 2.75) is 265 Å². The maximum absolute atomic E-state index is 12.9. The van der Waals surface area contributed by atoms with E-state index in [0.29, 0.717) is 25.1 Å². The van der Waals surface area contributed by atoms with Gasteiger partial charge < -0.3 is 24.5 Å². The van der Waals surface area contributed by atoms with Crippen LogP contribution in [0.15, 0.2) is 9.79 Å². The predicted octanol–water partition coefficient (Wildman–Crippen LogP) is 13.7. The Morgan fingerprint density at radius 3 is 1.38 bits per heavy atom. The molecule has 1 heterocycles. The van der Waals surface area contributed by atoms with Gasteiger partial charge in [0, 0.05) is 19.4 Å². The summed E-state index contributed by atoms with van der Waals surface area (Å²) in [7, 11) is 0. The number of imidazole rings is 1. The van der Waals surface area contributed by atoms with Crippen LogP contribution in [-0.2, 0) is 19.1 Å². The third-order valence-corrected chi connectivity index (χ3v) is 12.1. The van der Waals surface area contributed by atoms with E-state index in [0.717, 1.165) is 122 Å². The van der Waals surface area contributed by atoms with Crippen LogP contribution in [-0.4, -0.2) is 76.5 Å². The van der Waals surface area contributed by atoms with Gasteiger partial charge in [0.1, 0.15) is 17.9 Å². The number of esters is 2. The highest BCUT2D eigenvalue weighted by molar-refractivity contribution is 5.79. The number of carbonyl (C=O) groups is 2. The number of rotatable bonds is 45. The maximum Gasteiger partial charge on any atom is 0.326 e. The number of aliphatic imine (C=N–C) groups is 1. The van der Waals surface area contributed by atoms with Gasteiger partial charge in [-0.05, 0) is 96.7 Å². The molecule has 0 aromatic carbocycles. The van der Waals surface area contributed by atoms with Crippen molar-refractivity contribution in [1.82, 2.24) is 14.9 Å². The molecule has 0 bridgehead atoms. The number of hydrogen-bond acceptors (Lipinski definition) is 8. The molecule has 0 saturated carbocycles. The highest BCUT2D eigenvalue weighted by Crippen LogP contribution is 2.19.